The van der Waals surface area contributed by atoms with Crippen molar-refractivity contribution >= 4 is 22.9 Å². The van der Waals surface area contributed by atoms with Gasteiger partial charge in [0.05, 0.1) is 30.8 Å². The first-order chi connectivity index (χ1) is 8.27. The third-order valence-corrected chi connectivity index (χ3v) is 3.59. The summed E-state index contributed by atoms with van der Waals surface area (Å²) in [6, 6.07) is 1.83. The van der Waals surface area contributed by atoms with Gasteiger partial charge < -0.3 is 18.9 Å². The lowest BCUT2D eigenvalue weighted by Gasteiger charge is -2.29. The van der Waals surface area contributed by atoms with Gasteiger partial charge in [0.2, 0.25) is 0 Å². The first kappa shape index (κ1) is 10.8. The highest BCUT2D eigenvalue weighted by molar-refractivity contribution is 7.11. The van der Waals surface area contributed by atoms with E-state index in [1.807, 2.05) is 11.4 Å². The average Bonchev–Trinajstić information content (AvgIpc) is 2.98. The van der Waals surface area contributed by atoms with E-state index in [1.54, 1.807) is 0 Å². The molecule has 0 N–H and O–H groups in total. The van der Waals surface area contributed by atoms with Crippen LogP contribution in [0.1, 0.15) is 10.4 Å². The van der Waals surface area contributed by atoms with Gasteiger partial charge in [0, 0.05) is 0 Å². The van der Waals surface area contributed by atoms with Gasteiger partial charge in [0.1, 0.15) is 11.8 Å². The van der Waals surface area contributed by atoms with E-state index in [0.29, 0.717) is 18.8 Å². The summed E-state index contributed by atoms with van der Waals surface area (Å²) >= 11 is 1.43. The molecule has 0 aromatic carbocycles. The summed E-state index contributed by atoms with van der Waals surface area (Å²) in [5, 5.41) is 1.86. The molecule has 1 aromatic rings. The second-order valence-corrected chi connectivity index (χ2v) is 4.47. The SMILES string of the molecule is COC(=O)C1=COC2(OCCO2)c2ccsc21. The molecule has 0 radical (unpaired) electrons. The van der Waals surface area contributed by atoms with E-state index in [9.17, 15) is 4.79 Å². The summed E-state index contributed by atoms with van der Waals surface area (Å²) in [6.45, 7) is 0.938. The van der Waals surface area contributed by atoms with Crippen molar-refractivity contribution in [1.29, 1.82) is 0 Å². The standard InChI is InChI=1S/C11H10O5S/c1-13-10(12)7-6-16-11(14-3-4-15-11)8-2-5-17-9(7)8/h2,5-6H,3-4H2,1H3. The Morgan fingerprint density at radius 2 is 2.24 bits per heavy atom. The monoisotopic (exact) mass is 254 g/mol. The number of rotatable bonds is 1. The zero-order valence-electron chi connectivity index (χ0n) is 9.10. The Balaban J connectivity index is 2.06. The summed E-state index contributed by atoms with van der Waals surface area (Å²) < 4.78 is 21.1. The van der Waals surface area contributed by atoms with E-state index in [-0.39, 0.29) is 0 Å². The maximum absolute atomic E-state index is 11.6. The molecule has 0 saturated carbocycles. The summed E-state index contributed by atoms with van der Waals surface area (Å²) in [4.78, 5) is 12.4. The second-order valence-electron chi connectivity index (χ2n) is 3.56. The van der Waals surface area contributed by atoms with Crippen molar-refractivity contribution < 1.29 is 23.7 Å². The summed E-state index contributed by atoms with van der Waals surface area (Å²) in [7, 11) is 1.34. The van der Waals surface area contributed by atoms with Crippen LogP contribution < -0.4 is 0 Å². The van der Waals surface area contributed by atoms with Gasteiger partial charge in [-0.2, -0.15) is 0 Å². The predicted octanol–water partition coefficient (Wildman–Crippen LogP) is 1.45. The number of carbonyl (C=O) groups is 1. The van der Waals surface area contributed by atoms with Gasteiger partial charge in [0.25, 0.3) is 0 Å². The first-order valence-corrected chi connectivity index (χ1v) is 5.97. The van der Waals surface area contributed by atoms with Crippen molar-refractivity contribution in [3.63, 3.8) is 0 Å². The number of ether oxygens (including phenoxy) is 4. The Labute approximate surface area is 102 Å². The number of fused-ring (bicyclic) bond motifs is 2. The molecule has 6 heteroatoms. The molecule has 0 amide bonds. The van der Waals surface area contributed by atoms with E-state index in [0.717, 1.165) is 10.4 Å². The largest absolute Gasteiger partial charge is 0.465 e. The van der Waals surface area contributed by atoms with Gasteiger partial charge in [-0.05, 0) is 11.4 Å². The van der Waals surface area contributed by atoms with Crippen LogP contribution in [0.5, 0.6) is 0 Å². The van der Waals surface area contributed by atoms with Gasteiger partial charge in [0.15, 0.2) is 0 Å². The number of methoxy groups -OCH3 is 1. The minimum absolute atomic E-state index is 0.391. The van der Waals surface area contributed by atoms with Crippen molar-refractivity contribution in [3.8, 4) is 0 Å². The van der Waals surface area contributed by atoms with Gasteiger partial charge >= 0.3 is 11.9 Å². The zero-order valence-corrected chi connectivity index (χ0v) is 9.91. The lowest BCUT2D eigenvalue weighted by molar-refractivity contribution is -0.320. The van der Waals surface area contributed by atoms with Crippen molar-refractivity contribution in [2.75, 3.05) is 20.3 Å². The third-order valence-electron chi connectivity index (χ3n) is 2.64. The Bertz CT molecular complexity index is 484. The highest BCUT2D eigenvalue weighted by Gasteiger charge is 2.47. The van der Waals surface area contributed by atoms with E-state index in [4.69, 9.17) is 18.9 Å². The number of carbonyl (C=O) groups excluding carboxylic acids is 1. The lowest BCUT2D eigenvalue weighted by Crippen LogP contribution is -2.32. The average molecular weight is 254 g/mol. The van der Waals surface area contributed by atoms with Crippen LogP contribution in [0.2, 0.25) is 0 Å². The summed E-state index contributed by atoms with van der Waals surface area (Å²) in [5.41, 5.74) is 1.12. The fourth-order valence-electron chi connectivity index (χ4n) is 1.88. The van der Waals surface area contributed by atoms with Gasteiger partial charge in [-0.15, -0.1) is 11.3 Å². The smallest absolute Gasteiger partial charge is 0.357 e. The quantitative estimate of drug-likeness (QED) is 0.710. The Kier molecular flexibility index (Phi) is 2.43. The molecule has 1 fully saturated rings. The molecule has 2 aliphatic rings. The predicted molar refractivity (Wildman–Crippen MR) is 59.0 cm³/mol. The first-order valence-electron chi connectivity index (χ1n) is 5.09. The van der Waals surface area contributed by atoms with Crippen LogP contribution in [0.4, 0.5) is 0 Å². The minimum Gasteiger partial charge on any atom is -0.465 e. The lowest BCUT2D eigenvalue weighted by atomic mass is 10.1. The second kappa shape index (κ2) is 3.83. The molecule has 3 rings (SSSR count). The van der Waals surface area contributed by atoms with Crippen LogP contribution in [-0.2, 0) is 29.7 Å². The molecule has 2 aliphatic heterocycles. The van der Waals surface area contributed by atoms with Crippen molar-refractivity contribution in [1.82, 2.24) is 0 Å². The van der Waals surface area contributed by atoms with Crippen LogP contribution in [0.25, 0.3) is 5.57 Å². The van der Waals surface area contributed by atoms with Crippen molar-refractivity contribution in [3.05, 3.63) is 28.1 Å². The summed E-state index contributed by atoms with van der Waals surface area (Å²) in [5.74, 6) is -1.60. The van der Waals surface area contributed by atoms with Crippen LogP contribution in [-0.4, -0.2) is 26.3 Å². The van der Waals surface area contributed by atoms with Crippen molar-refractivity contribution in [2.24, 2.45) is 0 Å². The van der Waals surface area contributed by atoms with Gasteiger partial charge in [-0.25, -0.2) is 4.79 Å². The Hall–Kier alpha value is -1.37. The summed E-state index contributed by atoms with van der Waals surface area (Å²) in [6.07, 6.45) is 1.34. The van der Waals surface area contributed by atoms with E-state index in [1.165, 1.54) is 24.7 Å². The molecule has 90 valence electrons. The molecule has 0 bridgehead atoms. The number of esters is 1. The molecule has 1 aromatic heterocycles. The fourth-order valence-corrected chi connectivity index (χ4v) is 2.80. The molecular formula is C11H10O5S. The minimum atomic E-state index is -1.17. The zero-order chi connectivity index (χ0) is 11.9. The van der Waals surface area contributed by atoms with Crippen LogP contribution in [0, 0.1) is 0 Å². The maximum Gasteiger partial charge on any atom is 0.357 e. The fraction of sp³-hybridized carbons (Fsp3) is 0.364. The molecule has 1 spiro atoms. The number of thiophene rings is 1. The van der Waals surface area contributed by atoms with Crippen LogP contribution in [0.3, 0.4) is 0 Å². The normalized spacial score (nSPS) is 20.6. The molecule has 0 unspecified atom stereocenters. The van der Waals surface area contributed by atoms with Crippen LogP contribution in [0.15, 0.2) is 17.7 Å². The van der Waals surface area contributed by atoms with E-state index in [2.05, 4.69) is 0 Å². The van der Waals surface area contributed by atoms with Gasteiger partial charge in [-0.3, -0.25) is 0 Å². The molecule has 0 aliphatic carbocycles. The highest BCUT2D eigenvalue weighted by atomic mass is 32.1. The molecule has 5 nitrogen and oxygen atoms in total. The number of hydrogen-bond acceptors (Lipinski definition) is 6. The Morgan fingerprint density at radius 3 is 2.94 bits per heavy atom. The van der Waals surface area contributed by atoms with E-state index < -0.39 is 11.9 Å². The third kappa shape index (κ3) is 1.49. The molecule has 0 atom stereocenters. The van der Waals surface area contributed by atoms with Crippen LogP contribution >= 0.6 is 11.3 Å². The number of hydrogen-bond donors (Lipinski definition) is 0. The van der Waals surface area contributed by atoms with Gasteiger partial charge in [-0.1, -0.05) is 0 Å². The molecular weight excluding hydrogens is 244 g/mol. The maximum atomic E-state index is 11.6. The van der Waals surface area contributed by atoms with E-state index >= 15 is 0 Å². The highest BCUT2D eigenvalue weighted by Crippen LogP contribution is 2.44. The topological polar surface area (TPSA) is 54.0 Å². The Morgan fingerprint density at radius 1 is 1.47 bits per heavy atom. The molecule has 17 heavy (non-hydrogen) atoms. The molecule has 3 heterocycles. The van der Waals surface area contributed by atoms with Crippen molar-refractivity contribution in [2.45, 2.75) is 5.97 Å². The molecule has 1 saturated heterocycles.